The second kappa shape index (κ2) is 10.3. The number of benzene rings is 2. The van der Waals surface area contributed by atoms with Gasteiger partial charge in [-0.25, -0.2) is 4.79 Å². The van der Waals surface area contributed by atoms with Gasteiger partial charge in [-0.2, -0.15) is 0 Å². The highest BCUT2D eigenvalue weighted by Crippen LogP contribution is 2.44. The molecule has 0 bridgehead atoms. The number of carboxylic acid groups (broad SMARTS) is 1. The summed E-state index contributed by atoms with van der Waals surface area (Å²) >= 11 is 0. The molecule has 2 amide bonds. The van der Waals surface area contributed by atoms with Crippen LogP contribution in [0.2, 0.25) is 0 Å². The third-order valence-electron chi connectivity index (χ3n) is 7.04. The minimum Gasteiger partial charge on any atom is -0.480 e. The van der Waals surface area contributed by atoms with Crippen LogP contribution in [-0.4, -0.2) is 54.2 Å². The maximum atomic E-state index is 13.3. The van der Waals surface area contributed by atoms with E-state index in [0.29, 0.717) is 25.8 Å². The number of ether oxygens (including phenoxy) is 1. The fourth-order valence-corrected chi connectivity index (χ4v) is 5.43. The summed E-state index contributed by atoms with van der Waals surface area (Å²) in [6.07, 6.45) is 3.15. The molecule has 0 radical (unpaired) electrons. The van der Waals surface area contributed by atoms with Crippen molar-refractivity contribution >= 4 is 18.0 Å². The van der Waals surface area contributed by atoms with E-state index in [2.05, 4.69) is 29.6 Å². The predicted molar refractivity (Wildman–Crippen MR) is 128 cm³/mol. The molecule has 1 saturated carbocycles. The summed E-state index contributed by atoms with van der Waals surface area (Å²) in [6.45, 7) is 2.35. The highest BCUT2D eigenvalue weighted by molar-refractivity contribution is 5.87. The van der Waals surface area contributed by atoms with Crippen molar-refractivity contribution in [3.05, 3.63) is 59.7 Å². The van der Waals surface area contributed by atoms with Gasteiger partial charge in [-0.15, -0.1) is 0 Å². The van der Waals surface area contributed by atoms with Crippen LogP contribution < -0.4 is 5.32 Å². The highest BCUT2D eigenvalue weighted by Gasteiger charge is 2.44. The highest BCUT2D eigenvalue weighted by atomic mass is 16.5. The number of hydrogen-bond acceptors (Lipinski definition) is 4. The number of carbonyl (C=O) groups is 3. The zero-order valence-corrected chi connectivity index (χ0v) is 19.6. The number of alkyl carbamates (subject to hydrolysis) is 1. The summed E-state index contributed by atoms with van der Waals surface area (Å²) in [5.74, 6) is -1.25. The van der Waals surface area contributed by atoms with Crippen molar-refractivity contribution in [2.24, 2.45) is 5.41 Å². The first-order valence-corrected chi connectivity index (χ1v) is 12.1. The molecule has 0 heterocycles. The van der Waals surface area contributed by atoms with Gasteiger partial charge in [0.2, 0.25) is 5.91 Å². The molecule has 4 rings (SSSR count). The molecule has 2 aliphatic carbocycles. The van der Waals surface area contributed by atoms with Crippen molar-refractivity contribution in [1.29, 1.82) is 0 Å². The van der Waals surface area contributed by atoms with Crippen molar-refractivity contribution < 1.29 is 24.2 Å². The molecular weight excluding hydrogens is 432 g/mol. The minimum absolute atomic E-state index is 0.0316. The van der Waals surface area contributed by atoms with E-state index in [1.54, 1.807) is 0 Å². The van der Waals surface area contributed by atoms with Crippen LogP contribution in [0.4, 0.5) is 4.79 Å². The number of carboxylic acids is 1. The molecule has 0 spiro atoms. The average Bonchev–Trinajstić information content (AvgIpc) is 3.44. The van der Waals surface area contributed by atoms with E-state index in [9.17, 15) is 19.5 Å². The lowest BCUT2D eigenvalue weighted by Crippen LogP contribution is -2.50. The van der Waals surface area contributed by atoms with Gasteiger partial charge < -0.3 is 20.1 Å². The van der Waals surface area contributed by atoms with Crippen LogP contribution in [-0.2, 0) is 14.3 Å². The van der Waals surface area contributed by atoms with Gasteiger partial charge in [-0.1, -0.05) is 68.3 Å². The van der Waals surface area contributed by atoms with E-state index < -0.39 is 17.5 Å². The van der Waals surface area contributed by atoms with Gasteiger partial charge in [-0.05, 0) is 41.5 Å². The first-order valence-electron chi connectivity index (χ1n) is 12.1. The van der Waals surface area contributed by atoms with Gasteiger partial charge in [0.1, 0.15) is 13.2 Å². The van der Waals surface area contributed by atoms with Gasteiger partial charge in [0.15, 0.2) is 0 Å². The third-order valence-corrected chi connectivity index (χ3v) is 7.04. The van der Waals surface area contributed by atoms with Crippen molar-refractivity contribution in [1.82, 2.24) is 10.2 Å². The molecule has 180 valence electrons. The summed E-state index contributed by atoms with van der Waals surface area (Å²) in [5.41, 5.74) is 3.84. The molecule has 0 saturated heterocycles. The Balaban J connectivity index is 1.40. The maximum Gasteiger partial charge on any atom is 0.407 e. The van der Waals surface area contributed by atoms with Crippen LogP contribution >= 0.6 is 0 Å². The zero-order chi connectivity index (χ0) is 24.1. The van der Waals surface area contributed by atoms with Crippen molar-refractivity contribution in [3.63, 3.8) is 0 Å². The lowest BCUT2D eigenvalue weighted by molar-refractivity contribution is -0.149. The van der Waals surface area contributed by atoms with Crippen molar-refractivity contribution in [2.75, 3.05) is 26.2 Å². The Morgan fingerprint density at radius 1 is 1.03 bits per heavy atom. The minimum atomic E-state index is -1.03. The number of nitrogens with one attached hydrogen (secondary N) is 1. The Hall–Kier alpha value is -3.35. The van der Waals surface area contributed by atoms with Gasteiger partial charge in [0, 0.05) is 19.0 Å². The molecular formula is C27H32N2O5. The Morgan fingerprint density at radius 2 is 1.62 bits per heavy atom. The Morgan fingerprint density at radius 3 is 2.18 bits per heavy atom. The van der Waals surface area contributed by atoms with Crippen LogP contribution in [0.3, 0.4) is 0 Å². The molecule has 2 N–H and O–H groups in total. The van der Waals surface area contributed by atoms with E-state index in [4.69, 9.17) is 4.74 Å². The number of carbonyl (C=O) groups excluding carboxylic acids is 2. The molecule has 0 aromatic heterocycles. The van der Waals surface area contributed by atoms with E-state index in [1.165, 1.54) is 4.90 Å². The fraction of sp³-hybridized carbons (Fsp3) is 0.444. The summed E-state index contributed by atoms with van der Waals surface area (Å²) in [4.78, 5) is 38.7. The fourth-order valence-electron chi connectivity index (χ4n) is 5.43. The van der Waals surface area contributed by atoms with E-state index in [1.807, 2.05) is 31.2 Å². The first-order chi connectivity index (χ1) is 16.4. The normalized spacial score (nSPS) is 15.9. The lowest BCUT2D eigenvalue weighted by Gasteiger charge is -2.33. The molecule has 0 atom stereocenters. The first kappa shape index (κ1) is 23.8. The Bertz CT molecular complexity index is 1010. The van der Waals surface area contributed by atoms with Crippen LogP contribution in [0.1, 0.15) is 56.1 Å². The number of rotatable bonds is 9. The summed E-state index contributed by atoms with van der Waals surface area (Å²) in [6, 6.07) is 16.3. The number of aliphatic carboxylic acids is 1. The molecule has 0 unspecified atom stereocenters. The predicted octanol–water partition coefficient (Wildman–Crippen LogP) is 4.41. The topological polar surface area (TPSA) is 95.9 Å². The van der Waals surface area contributed by atoms with E-state index in [-0.39, 0.29) is 31.5 Å². The standard InChI is InChI=1S/C27H32N2O5/c1-2-15-29(16-24(30)31)25(32)27(13-7-8-14-27)18-28-26(33)34-17-23-21-11-5-3-9-19(21)20-10-4-6-12-22(20)23/h3-6,9-12,23H,2,7-8,13-18H2,1H3,(H,28,33)(H,30,31). The molecule has 2 aromatic rings. The van der Waals surface area contributed by atoms with Crippen molar-refractivity contribution in [3.8, 4) is 11.1 Å². The number of fused-ring (bicyclic) bond motifs is 3. The van der Waals surface area contributed by atoms with Crippen LogP contribution in [0.25, 0.3) is 11.1 Å². The van der Waals surface area contributed by atoms with Crippen molar-refractivity contribution in [2.45, 2.75) is 44.9 Å². The second-order valence-electron chi connectivity index (χ2n) is 9.29. The molecule has 7 heteroatoms. The molecule has 2 aromatic carbocycles. The second-order valence-corrected chi connectivity index (χ2v) is 9.29. The largest absolute Gasteiger partial charge is 0.480 e. The summed E-state index contributed by atoms with van der Waals surface area (Å²) in [5, 5.41) is 12.0. The number of amides is 2. The maximum absolute atomic E-state index is 13.3. The number of hydrogen-bond donors (Lipinski definition) is 2. The molecule has 7 nitrogen and oxygen atoms in total. The van der Waals surface area contributed by atoms with Crippen LogP contribution in [0.5, 0.6) is 0 Å². The summed E-state index contributed by atoms with van der Waals surface area (Å²) in [7, 11) is 0. The Labute approximate surface area is 200 Å². The lowest BCUT2D eigenvalue weighted by atomic mass is 9.84. The smallest absolute Gasteiger partial charge is 0.407 e. The number of nitrogens with zero attached hydrogens (tertiary/aromatic N) is 1. The molecule has 34 heavy (non-hydrogen) atoms. The van der Waals surface area contributed by atoms with Gasteiger partial charge in [0.05, 0.1) is 5.41 Å². The quantitative estimate of drug-likeness (QED) is 0.573. The average molecular weight is 465 g/mol. The van der Waals surface area contributed by atoms with Gasteiger partial charge >= 0.3 is 12.1 Å². The van der Waals surface area contributed by atoms with Gasteiger partial charge in [-0.3, -0.25) is 9.59 Å². The van der Waals surface area contributed by atoms with Crippen LogP contribution in [0, 0.1) is 5.41 Å². The molecule has 0 aliphatic heterocycles. The Kier molecular flexibility index (Phi) is 7.20. The van der Waals surface area contributed by atoms with E-state index in [0.717, 1.165) is 35.1 Å². The SMILES string of the molecule is CCCN(CC(=O)O)C(=O)C1(CNC(=O)OCC2c3ccccc3-c3ccccc32)CCCC1. The molecule has 2 aliphatic rings. The van der Waals surface area contributed by atoms with Gasteiger partial charge in [0.25, 0.3) is 0 Å². The molecule has 1 fully saturated rings. The van der Waals surface area contributed by atoms with E-state index >= 15 is 0 Å². The zero-order valence-electron chi connectivity index (χ0n) is 19.6. The third kappa shape index (κ3) is 4.79. The van der Waals surface area contributed by atoms with Crippen LogP contribution in [0.15, 0.2) is 48.5 Å². The monoisotopic (exact) mass is 464 g/mol. The summed E-state index contributed by atoms with van der Waals surface area (Å²) < 4.78 is 5.63.